The Balaban J connectivity index is 1.53. The first-order valence-corrected chi connectivity index (χ1v) is 7.49. The Labute approximate surface area is 105 Å². The molecule has 0 aromatic carbocycles. The first kappa shape index (κ1) is 11.9. The predicted molar refractivity (Wildman–Crippen MR) is 69.2 cm³/mol. The lowest BCUT2D eigenvalue weighted by molar-refractivity contribution is 0.0566. The summed E-state index contributed by atoms with van der Waals surface area (Å²) in [6, 6.07) is 1.46. The van der Waals surface area contributed by atoms with Crippen molar-refractivity contribution in [2.24, 2.45) is 0 Å². The molecule has 0 spiro atoms. The van der Waals surface area contributed by atoms with Crippen molar-refractivity contribution in [3.8, 4) is 0 Å². The fourth-order valence-electron chi connectivity index (χ4n) is 3.82. The normalized spacial score (nSPS) is 42.2. The number of fused-ring (bicyclic) bond motifs is 2. The van der Waals surface area contributed by atoms with Crippen LogP contribution >= 0.6 is 0 Å². The van der Waals surface area contributed by atoms with Crippen LogP contribution in [-0.4, -0.2) is 48.8 Å². The van der Waals surface area contributed by atoms with E-state index < -0.39 is 0 Å². The van der Waals surface area contributed by atoms with Crippen LogP contribution in [0.25, 0.3) is 0 Å². The second-order valence-electron chi connectivity index (χ2n) is 5.97. The highest BCUT2D eigenvalue weighted by Gasteiger charge is 2.44. The smallest absolute Gasteiger partial charge is 0.0735 e. The van der Waals surface area contributed by atoms with E-state index >= 15 is 0 Å². The highest BCUT2D eigenvalue weighted by Crippen LogP contribution is 2.37. The van der Waals surface area contributed by atoms with Crippen LogP contribution < -0.4 is 5.32 Å². The maximum absolute atomic E-state index is 5.99. The number of piperidine rings is 1. The van der Waals surface area contributed by atoms with Gasteiger partial charge in [-0.1, -0.05) is 6.92 Å². The Morgan fingerprint density at radius 1 is 1.29 bits per heavy atom. The van der Waals surface area contributed by atoms with Gasteiger partial charge in [0.1, 0.15) is 0 Å². The summed E-state index contributed by atoms with van der Waals surface area (Å²) in [5.41, 5.74) is 0. The van der Waals surface area contributed by atoms with Gasteiger partial charge >= 0.3 is 0 Å². The maximum Gasteiger partial charge on any atom is 0.0735 e. The molecule has 3 nitrogen and oxygen atoms in total. The molecule has 1 N–H and O–H groups in total. The van der Waals surface area contributed by atoms with E-state index in [0.717, 1.165) is 12.1 Å². The van der Waals surface area contributed by atoms with Crippen LogP contribution in [0.1, 0.15) is 45.4 Å². The number of nitrogens with one attached hydrogen (secondary N) is 1. The quantitative estimate of drug-likeness (QED) is 0.808. The molecule has 2 bridgehead atoms. The van der Waals surface area contributed by atoms with Crippen molar-refractivity contribution in [1.29, 1.82) is 0 Å². The highest BCUT2D eigenvalue weighted by atomic mass is 16.5. The number of rotatable bonds is 4. The fraction of sp³-hybridized carbons (Fsp3) is 1.00. The second kappa shape index (κ2) is 5.25. The van der Waals surface area contributed by atoms with Crippen LogP contribution in [0.4, 0.5) is 0 Å². The topological polar surface area (TPSA) is 24.5 Å². The SMILES string of the molecule is CCCNC1CCCN(C2CC3CCC2O3)C1. The molecule has 3 heterocycles. The number of nitrogens with zero attached hydrogens (tertiary/aromatic N) is 1. The van der Waals surface area contributed by atoms with Crippen LogP contribution in [0.3, 0.4) is 0 Å². The van der Waals surface area contributed by atoms with E-state index in [2.05, 4.69) is 17.1 Å². The summed E-state index contributed by atoms with van der Waals surface area (Å²) in [6.07, 6.45) is 9.02. The molecule has 0 radical (unpaired) electrons. The van der Waals surface area contributed by atoms with Crippen molar-refractivity contribution in [3.63, 3.8) is 0 Å². The molecule has 0 saturated carbocycles. The van der Waals surface area contributed by atoms with Gasteiger partial charge in [-0.2, -0.15) is 0 Å². The fourth-order valence-corrected chi connectivity index (χ4v) is 3.82. The lowest BCUT2D eigenvalue weighted by Gasteiger charge is -2.39. The molecule has 0 amide bonds. The average Bonchev–Trinajstić information content (AvgIpc) is 2.99. The minimum absolute atomic E-state index is 0.560. The van der Waals surface area contributed by atoms with E-state index in [1.165, 1.54) is 58.2 Å². The minimum Gasteiger partial charge on any atom is -0.373 e. The molecule has 3 rings (SSSR count). The first-order valence-electron chi connectivity index (χ1n) is 7.49. The Hall–Kier alpha value is -0.120. The lowest BCUT2D eigenvalue weighted by atomic mass is 9.92. The molecule has 3 heteroatoms. The molecule has 98 valence electrons. The third-order valence-electron chi connectivity index (χ3n) is 4.68. The molecule has 3 fully saturated rings. The zero-order chi connectivity index (χ0) is 11.7. The Kier molecular flexibility index (Phi) is 3.69. The third-order valence-corrected chi connectivity index (χ3v) is 4.68. The van der Waals surface area contributed by atoms with E-state index in [1.54, 1.807) is 0 Å². The zero-order valence-electron chi connectivity index (χ0n) is 11.0. The minimum atomic E-state index is 0.560. The van der Waals surface area contributed by atoms with Gasteiger partial charge in [0.05, 0.1) is 12.2 Å². The van der Waals surface area contributed by atoms with Gasteiger partial charge in [-0.3, -0.25) is 4.90 Å². The molecular formula is C14H26N2O. The Morgan fingerprint density at radius 3 is 2.94 bits per heavy atom. The van der Waals surface area contributed by atoms with Gasteiger partial charge in [0.15, 0.2) is 0 Å². The molecule has 0 aromatic rings. The zero-order valence-corrected chi connectivity index (χ0v) is 11.0. The van der Waals surface area contributed by atoms with Crippen molar-refractivity contribution < 1.29 is 4.74 Å². The Bertz CT molecular complexity index is 259. The van der Waals surface area contributed by atoms with E-state index in [-0.39, 0.29) is 0 Å². The average molecular weight is 238 g/mol. The molecule has 3 saturated heterocycles. The molecule has 3 aliphatic heterocycles. The Morgan fingerprint density at radius 2 is 2.24 bits per heavy atom. The maximum atomic E-state index is 5.99. The molecule has 0 aliphatic carbocycles. The van der Waals surface area contributed by atoms with Gasteiger partial charge in [0.2, 0.25) is 0 Å². The summed E-state index contributed by atoms with van der Waals surface area (Å²) in [5, 5.41) is 3.69. The van der Waals surface area contributed by atoms with Crippen molar-refractivity contribution in [2.45, 2.75) is 69.7 Å². The number of likely N-dealkylation sites (tertiary alicyclic amines) is 1. The van der Waals surface area contributed by atoms with Crippen molar-refractivity contribution in [3.05, 3.63) is 0 Å². The monoisotopic (exact) mass is 238 g/mol. The van der Waals surface area contributed by atoms with Crippen LogP contribution in [-0.2, 0) is 4.74 Å². The van der Waals surface area contributed by atoms with Gasteiger partial charge in [-0.15, -0.1) is 0 Å². The predicted octanol–water partition coefficient (Wildman–Crippen LogP) is 1.77. The largest absolute Gasteiger partial charge is 0.373 e. The molecule has 0 aromatic heterocycles. The molecule has 4 unspecified atom stereocenters. The number of ether oxygens (including phenoxy) is 1. The van der Waals surface area contributed by atoms with Gasteiger partial charge in [-0.25, -0.2) is 0 Å². The van der Waals surface area contributed by atoms with Gasteiger partial charge in [0.25, 0.3) is 0 Å². The highest BCUT2D eigenvalue weighted by molar-refractivity contribution is 4.97. The van der Waals surface area contributed by atoms with Gasteiger partial charge < -0.3 is 10.1 Å². The van der Waals surface area contributed by atoms with Crippen LogP contribution in [0.2, 0.25) is 0 Å². The summed E-state index contributed by atoms with van der Waals surface area (Å²) < 4.78 is 5.99. The third kappa shape index (κ3) is 2.51. The van der Waals surface area contributed by atoms with Crippen LogP contribution in [0, 0.1) is 0 Å². The summed E-state index contributed by atoms with van der Waals surface area (Å²) in [6.45, 7) is 5.96. The van der Waals surface area contributed by atoms with Crippen molar-refractivity contribution in [2.75, 3.05) is 19.6 Å². The first-order chi connectivity index (χ1) is 8.36. The van der Waals surface area contributed by atoms with E-state index in [4.69, 9.17) is 4.74 Å². The summed E-state index contributed by atoms with van der Waals surface area (Å²) >= 11 is 0. The molecule has 17 heavy (non-hydrogen) atoms. The van der Waals surface area contributed by atoms with Crippen molar-refractivity contribution in [1.82, 2.24) is 10.2 Å². The standard InChI is InChI=1S/C14H26N2O/c1-2-7-15-11-4-3-8-16(10-11)13-9-12-5-6-14(13)17-12/h11-15H,2-10H2,1H3. The van der Waals surface area contributed by atoms with Crippen molar-refractivity contribution >= 4 is 0 Å². The van der Waals surface area contributed by atoms with E-state index in [0.29, 0.717) is 12.2 Å². The molecular weight excluding hydrogens is 212 g/mol. The van der Waals surface area contributed by atoms with E-state index in [1.807, 2.05) is 0 Å². The van der Waals surface area contributed by atoms with E-state index in [9.17, 15) is 0 Å². The summed E-state index contributed by atoms with van der Waals surface area (Å²) in [4.78, 5) is 2.71. The van der Waals surface area contributed by atoms with Gasteiger partial charge in [0, 0.05) is 18.6 Å². The summed E-state index contributed by atoms with van der Waals surface area (Å²) in [7, 11) is 0. The molecule has 3 aliphatic rings. The lowest BCUT2D eigenvalue weighted by Crippen LogP contribution is -2.52. The van der Waals surface area contributed by atoms with Crippen LogP contribution in [0.5, 0.6) is 0 Å². The number of hydrogen-bond donors (Lipinski definition) is 1. The number of hydrogen-bond acceptors (Lipinski definition) is 3. The van der Waals surface area contributed by atoms with Crippen LogP contribution in [0.15, 0.2) is 0 Å². The second-order valence-corrected chi connectivity index (χ2v) is 5.97. The summed E-state index contributed by atoms with van der Waals surface area (Å²) in [5.74, 6) is 0. The molecule has 4 atom stereocenters. The van der Waals surface area contributed by atoms with Gasteiger partial charge in [-0.05, 0) is 51.6 Å².